The maximum atomic E-state index is 10.6. The van der Waals surface area contributed by atoms with Crippen LogP contribution in [0.25, 0.3) is 0 Å². The molecule has 0 amide bonds. The summed E-state index contributed by atoms with van der Waals surface area (Å²) in [7, 11) is 5.15. The van der Waals surface area contributed by atoms with Gasteiger partial charge in [0.2, 0.25) is 0 Å². The van der Waals surface area contributed by atoms with Gasteiger partial charge in [0.05, 0.1) is 31.7 Å². The van der Waals surface area contributed by atoms with Gasteiger partial charge in [0, 0.05) is 7.05 Å². The lowest BCUT2D eigenvalue weighted by atomic mass is 9.73. The van der Waals surface area contributed by atoms with Gasteiger partial charge in [0.25, 0.3) is 0 Å². The van der Waals surface area contributed by atoms with Crippen molar-refractivity contribution in [2.75, 3.05) is 21.3 Å². The van der Waals surface area contributed by atoms with Crippen molar-refractivity contribution in [1.82, 2.24) is 0 Å². The molecular formula is C38H59N3O2. The van der Waals surface area contributed by atoms with Crippen LogP contribution in [0.3, 0.4) is 0 Å². The first-order valence-electron chi connectivity index (χ1n) is 17.1. The van der Waals surface area contributed by atoms with Crippen LogP contribution < -0.4 is 9.47 Å². The first-order chi connectivity index (χ1) is 21.1. The van der Waals surface area contributed by atoms with Gasteiger partial charge < -0.3 is 9.47 Å². The number of ether oxygens (including phenoxy) is 2. The summed E-state index contributed by atoms with van der Waals surface area (Å²) in [6.45, 7) is 2.28. The lowest BCUT2D eigenvalue weighted by Crippen LogP contribution is -2.25. The van der Waals surface area contributed by atoms with Crippen LogP contribution in [0.5, 0.6) is 11.5 Å². The van der Waals surface area contributed by atoms with Gasteiger partial charge in [-0.15, -0.1) is 0 Å². The van der Waals surface area contributed by atoms with Crippen LogP contribution in [0, 0.1) is 11.3 Å². The highest BCUT2D eigenvalue weighted by atomic mass is 16.5. The number of unbranched alkanes of at least 4 members (excludes halogenated alkanes) is 12. The average Bonchev–Trinajstić information content (AvgIpc) is 3.05. The lowest BCUT2D eigenvalue weighted by Gasteiger charge is -2.28. The molecule has 2 rings (SSSR count). The predicted octanol–water partition coefficient (Wildman–Crippen LogP) is 11.2. The Bertz CT molecular complexity index is 1060. The highest BCUT2D eigenvalue weighted by molar-refractivity contribution is 5.38. The zero-order chi connectivity index (χ0) is 31.0. The number of nitrogens with zero attached hydrogens (tertiary/aromatic N) is 3. The van der Waals surface area contributed by atoms with Crippen LogP contribution in [0.2, 0.25) is 0 Å². The van der Waals surface area contributed by atoms with Gasteiger partial charge >= 0.3 is 0 Å². The van der Waals surface area contributed by atoms with Crippen molar-refractivity contribution in [3.63, 3.8) is 0 Å². The van der Waals surface area contributed by atoms with E-state index in [1.165, 1.54) is 82.6 Å². The molecule has 0 aliphatic carbocycles. The van der Waals surface area contributed by atoms with E-state index in [0.717, 1.165) is 62.0 Å². The summed E-state index contributed by atoms with van der Waals surface area (Å²) in [6.07, 6.45) is 22.7. The highest BCUT2D eigenvalue weighted by Crippen LogP contribution is 2.37. The second-order valence-corrected chi connectivity index (χ2v) is 12.2. The second-order valence-electron chi connectivity index (χ2n) is 12.2. The van der Waals surface area contributed by atoms with E-state index in [4.69, 9.17) is 9.47 Å². The number of azo groups is 1. The number of aryl methyl sites for hydroxylation is 1. The van der Waals surface area contributed by atoms with Crippen LogP contribution in [-0.2, 0) is 11.8 Å². The predicted molar refractivity (Wildman–Crippen MR) is 180 cm³/mol. The first-order valence-corrected chi connectivity index (χ1v) is 17.1. The number of hydrogen-bond acceptors (Lipinski definition) is 5. The minimum Gasteiger partial charge on any atom is -0.497 e. The van der Waals surface area contributed by atoms with Crippen LogP contribution in [0.4, 0.5) is 0 Å². The summed E-state index contributed by atoms with van der Waals surface area (Å²) in [5.41, 5.74) is 1.83. The third-order valence-corrected chi connectivity index (χ3v) is 8.86. The van der Waals surface area contributed by atoms with Gasteiger partial charge in [-0.3, -0.25) is 0 Å². The SMILES string of the molecule is CCCCCCCCCCCCCCCC(C#N)(CCCC(CCc1cccc(OC)c1)N=NC)c1cccc(OC)c1. The molecule has 2 aromatic carbocycles. The molecular weight excluding hydrogens is 530 g/mol. The molecule has 0 heterocycles. The molecule has 2 aromatic rings. The fourth-order valence-corrected chi connectivity index (χ4v) is 6.18. The number of nitriles is 1. The molecule has 2 atom stereocenters. The Morgan fingerprint density at radius 2 is 1.28 bits per heavy atom. The van der Waals surface area contributed by atoms with Crippen LogP contribution in [0.1, 0.15) is 134 Å². The van der Waals surface area contributed by atoms with E-state index in [1.807, 2.05) is 24.3 Å². The molecule has 5 nitrogen and oxygen atoms in total. The van der Waals surface area contributed by atoms with Gasteiger partial charge in [-0.2, -0.15) is 15.5 Å². The molecule has 0 aromatic heterocycles. The Morgan fingerprint density at radius 3 is 1.86 bits per heavy atom. The maximum absolute atomic E-state index is 10.6. The van der Waals surface area contributed by atoms with Crippen molar-refractivity contribution in [3.05, 3.63) is 59.7 Å². The van der Waals surface area contributed by atoms with Crippen molar-refractivity contribution >= 4 is 0 Å². The van der Waals surface area contributed by atoms with Crippen molar-refractivity contribution in [3.8, 4) is 17.6 Å². The molecule has 2 unspecified atom stereocenters. The normalized spacial score (nSPS) is 13.5. The summed E-state index contributed by atoms with van der Waals surface area (Å²) < 4.78 is 10.9. The maximum Gasteiger partial charge on any atom is 0.119 e. The number of methoxy groups -OCH3 is 2. The van der Waals surface area contributed by atoms with E-state index in [9.17, 15) is 5.26 Å². The quantitative estimate of drug-likeness (QED) is 0.0854. The molecule has 0 radical (unpaired) electrons. The second kappa shape index (κ2) is 22.6. The molecule has 5 heteroatoms. The van der Waals surface area contributed by atoms with Crippen molar-refractivity contribution < 1.29 is 9.47 Å². The number of hydrogen-bond donors (Lipinski definition) is 0. The van der Waals surface area contributed by atoms with Crippen LogP contribution in [-0.4, -0.2) is 27.3 Å². The Kier molecular flexibility index (Phi) is 19.1. The van der Waals surface area contributed by atoms with Crippen molar-refractivity contribution in [1.29, 1.82) is 5.26 Å². The van der Waals surface area contributed by atoms with Gasteiger partial charge in [0.15, 0.2) is 0 Å². The van der Waals surface area contributed by atoms with E-state index >= 15 is 0 Å². The molecule has 0 aliphatic rings. The molecule has 0 aliphatic heterocycles. The Morgan fingerprint density at radius 1 is 0.721 bits per heavy atom. The molecule has 238 valence electrons. The zero-order valence-corrected chi connectivity index (χ0v) is 27.8. The van der Waals surface area contributed by atoms with Gasteiger partial charge in [-0.1, -0.05) is 115 Å². The number of rotatable bonds is 25. The fourth-order valence-electron chi connectivity index (χ4n) is 6.18. The third kappa shape index (κ3) is 14.4. The van der Waals surface area contributed by atoms with Crippen LogP contribution in [0.15, 0.2) is 58.8 Å². The lowest BCUT2D eigenvalue weighted by molar-refractivity contribution is 0.391. The van der Waals surface area contributed by atoms with Crippen molar-refractivity contribution in [2.24, 2.45) is 10.2 Å². The summed E-state index contributed by atoms with van der Waals surface area (Å²) in [5, 5.41) is 19.3. The van der Waals surface area contributed by atoms with E-state index in [-0.39, 0.29) is 6.04 Å². The minimum atomic E-state index is -0.507. The van der Waals surface area contributed by atoms with Gasteiger partial charge in [-0.25, -0.2) is 0 Å². The molecule has 43 heavy (non-hydrogen) atoms. The number of benzene rings is 2. The van der Waals surface area contributed by atoms with E-state index < -0.39 is 5.41 Å². The minimum absolute atomic E-state index is 0.147. The molecule has 0 saturated heterocycles. The van der Waals surface area contributed by atoms with E-state index in [0.29, 0.717) is 0 Å². The van der Waals surface area contributed by atoms with E-state index in [1.54, 1.807) is 21.3 Å². The van der Waals surface area contributed by atoms with Gasteiger partial charge in [-0.05, 0) is 73.9 Å². The molecule has 0 fully saturated rings. The fraction of sp³-hybridized carbons (Fsp3) is 0.658. The standard InChI is InChI=1S/C38H59N3O2/c1-5-6-7-8-9-10-11-12-13-14-15-16-17-28-38(32-39,34-22-19-25-37(31-34)43-4)29-20-23-35(41-40-2)27-26-33-21-18-24-36(30-33)42-3/h18-19,21-22,24-25,30-31,35H,5-17,20,23,26-29H2,1-4H3. The van der Waals surface area contributed by atoms with Crippen LogP contribution >= 0.6 is 0 Å². The topological polar surface area (TPSA) is 67.0 Å². The first kappa shape index (κ1) is 36.3. The summed E-state index contributed by atoms with van der Waals surface area (Å²) in [5.74, 6) is 1.70. The Labute approximate surface area is 263 Å². The molecule has 0 bridgehead atoms. The molecule has 0 N–H and O–H groups in total. The van der Waals surface area contributed by atoms with E-state index in [2.05, 4.69) is 47.5 Å². The summed E-state index contributed by atoms with van der Waals surface area (Å²) in [4.78, 5) is 0. The summed E-state index contributed by atoms with van der Waals surface area (Å²) >= 11 is 0. The average molecular weight is 590 g/mol. The molecule has 0 spiro atoms. The largest absolute Gasteiger partial charge is 0.497 e. The Balaban J connectivity index is 1.87. The highest BCUT2D eigenvalue weighted by Gasteiger charge is 2.32. The third-order valence-electron chi connectivity index (χ3n) is 8.86. The van der Waals surface area contributed by atoms with Crippen molar-refractivity contribution in [2.45, 2.75) is 140 Å². The zero-order valence-electron chi connectivity index (χ0n) is 27.8. The summed E-state index contributed by atoms with van der Waals surface area (Å²) in [6, 6.07) is 19.3. The monoisotopic (exact) mass is 589 g/mol. The smallest absolute Gasteiger partial charge is 0.119 e. The van der Waals surface area contributed by atoms with Gasteiger partial charge in [0.1, 0.15) is 11.5 Å². The molecule has 0 saturated carbocycles. The Hall–Kier alpha value is -2.87.